The first kappa shape index (κ1) is 50.0. The van der Waals surface area contributed by atoms with E-state index >= 15 is 0 Å². The smallest absolute Gasteiger partial charge is 0.324 e. The van der Waals surface area contributed by atoms with E-state index in [9.17, 15) is 32.7 Å². The van der Waals surface area contributed by atoms with Crippen LogP contribution in [0.25, 0.3) is 33.3 Å². The number of aromatic nitrogens is 2. The zero-order valence-corrected chi connectivity index (χ0v) is 41.9. The van der Waals surface area contributed by atoms with Crippen molar-refractivity contribution >= 4 is 44.6 Å². The number of ether oxygens (including phenoxy) is 2. The molecule has 4 aliphatic rings. The molecule has 4 N–H and O–H groups in total. The average molecular weight is 969 g/mol. The third kappa shape index (κ3) is 10.4. The van der Waals surface area contributed by atoms with Crippen molar-refractivity contribution in [2.45, 2.75) is 116 Å². The summed E-state index contributed by atoms with van der Waals surface area (Å²) in [6, 6.07) is 12.4. The van der Waals surface area contributed by atoms with Crippen molar-refractivity contribution in [3.05, 3.63) is 71.5 Å². The van der Waals surface area contributed by atoms with Gasteiger partial charge in [-0.3, -0.25) is 34.5 Å². The second-order valence-electron chi connectivity index (χ2n) is 20.3. The summed E-state index contributed by atoms with van der Waals surface area (Å²) in [5, 5.41) is 19.0. The number of hydrogen-bond acceptors (Lipinski definition) is 12. The molecule has 69 heavy (non-hydrogen) atoms. The van der Waals surface area contributed by atoms with Gasteiger partial charge in [-0.15, -0.1) is 0 Å². The number of hydrazine groups is 1. The van der Waals surface area contributed by atoms with Gasteiger partial charge in [-0.2, -0.15) is 0 Å². The largest absolute Gasteiger partial charge is 0.508 e. The minimum Gasteiger partial charge on any atom is -0.508 e. The molecule has 0 unspecified atom stereocenters. The highest BCUT2D eigenvalue weighted by Crippen LogP contribution is 2.42. The molecule has 18 heteroatoms. The first-order valence-electron chi connectivity index (χ1n) is 24.3. The van der Waals surface area contributed by atoms with Gasteiger partial charge >= 0.3 is 5.97 Å². The number of phenolic OH excluding ortho intramolecular Hbond substituents is 1. The normalized spacial score (nSPS) is 22.4. The Bertz CT molecular complexity index is 2710. The predicted octanol–water partition coefficient (Wildman–Crippen LogP) is 4.91. The summed E-state index contributed by atoms with van der Waals surface area (Å²) < 4.78 is 41.4. The van der Waals surface area contributed by atoms with Crippen molar-refractivity contribution in [2.75, 3.05) is 46.9 Å². The summed E-state index contributed by atoms with van der Waals surface area (Å²) >= 11 is 0. The van der Waals surface area contributed by atoms with E-state index in [2.05, 4.69) is 59.6 Å². The molecule has 3 fully saturated rings. The monoisotopic (exact) mass is 968 g/mol. The number of fused-ring (bicyclic) bond motifs is 6. The topological polar surface area (TPSA) is 215 Å². The molecule has 5 atom stereocenters. The van der Waals surface area contributed by atoms with E-state index in [1.54, 1.807) is 32.5 Å². The van der Waals surface area contributed by atoms with Crippen LogP contribution in [-0.4, -0.2) is 131 Å². The van der Waals surface area contributed by atoms with Crippen molar-refractivity contribution < 1.29 is 42.2 Å². The van der Waals surface area contributed by atoms with Crippen LogP contribution in [-0.2, 0) is 58.1 Å². The van der Waals surface area contributed by atoms with Crippen LogP contribution in [0.2, 0.25) is 0 Å². The number of benzene rings is 2. The van der Waals surface area contributed by atoms with Crippen molar-refractivity contribution in [1.82, 2.24) is 39.8 Å². The van der Waals surface area contributed by atoms with E-state index < -0.39 is 62.6 Å². The van der Waals surface area contributed by atoms with Gasteiger partial charge in [-0.1, -0.05) is 39.8 Å². The Labute approximate surface area is 405 Å². The van der Waals surface area contributed by atoms with Crippen LogP contribution in [0.15, 0.2) is 54.7 Å². The number of rotatable bonds is 11. The fourth-order valence-corrected chi connectivity index (χ4v) is 12.1. The highest BCUT2D eigenvalue weighted by Gasteiger charge is 2.44. The lowest BCUT2D eigenvalue weighted by Crippen LogP contribution is -2.62. The van der Waals surface area contributed by atoms with Gasteiger partial charge in [0.2, 0.25) is 21.8 Å². The maximum absolute atomic E-state index is 14.8. The highest BCUT2D eigenvalue weighted by atomic mass is 32.2. The van der Waals surface area contributed by atoms with E-state index in [0.29, 0.717) is 56.3 Å². The number of nitrogens with zero attached hydrogens (tertiary/aromatic N) is 5. The number of likely N-dealkylation sites (N-methyl/N-ethyl adjacent to an activating group) is 1. The molecule has 0 spiro atoms. The fraction of sp³-hybridized carbons (Fsp3) is 0.549. The number of nitrogens with one attached hydrogen (secondary N) is 3. The van der Waals surface area contributed by atoms with Gasteiger partial charge in [-0.05, 0) is 111 Å². The Morgan fingerprint density at radius 2 is 1.78 bits per heavy atom. The molecular weight excluding hydrogens is 901 g/mol. The lowest BCUT2D eigenvalue weighted by atomic mass is 9.84. The zero-order valence-electron chi connectivity index (χ0n) is 41.1. The Kier molecular flexibility index (Phi) is 14.6. The molecule has 6 heterocycles. The number of esters is 1. The van der Waals surface area contributed by atoms with Crippen LogP contribution in [0.3, 0.4) is 0 Å². The van der Waals surface area contributed by atoms with Gasteiger partial charge in [0.15, 0.2) is 0 Å². The number of cyclic esters (lactones) is 1. The minimum atomic E-state index is -3.48. The maximum atomic E-state index is 14.8. The van der Waals surface area contributed by atoms with Crippen LogP contribution in [0.4, 0.5) is 0 Å². The summed E-state index contributed by atoms with van der Waals surface area (Å²) in [7, 11) is -0.228. The highest BCUT2D eigenvalue weighted by molar-refractivity contribution is 7.90. The molecule has 0 aliphatic carbocycles. The molecule has 2 aromatic heterocycles. The Hall–Kier alpha value is -5.40. The van der Waals surface area contributed by atoms with Crippen LogP contribution >= 0.6 is 0 Å². The third-order valence-electron chi connectivity index (χ3n) is 14.2. The molecule has 0 saturated carbocycles. The van der Waals surface area contributed by atoms with Crippen LogP contribution in [0.5, 0.6) is 5.75 Å². The number of hydrogen-bond donors (Lipinski definition) is 4. The molecule has 4 aromatic rings. The Balaban J connectivity index is 1.16. The second-order valence-corrected chi connectivity index (χ2v) is 22.4. The molecule has 17 nitrogen and oxygen atoms in total. The number of carbonyl (C=O) groups excluding carboxylic acids is 4. The van der Waals surface area contributed by atoms with E-state index in [4.69, 9.17) is 14.5 Å². The van der Waals surface area contributed by atoms with Gasteiger partial charge < -0.3 is 29.4 Å². The van der Waals surface area contributed by atoms with Crippen LogP contribution in [0, 0.1) is 17.3 Å². The van der Waals surface area contributed by atoms with Gasteiger partial charge in [0, 0.05) is 87.3 Å². The van der Waals surface area contributed by atoms with Crippen LogP contribution in [0.1, 0.15) is 90.2 Å². The van der Waals surface area contributed by atoms with Crippen molar-refractivity contribution in [3.63, 3.8) is 0 Å². The summed E-state index contributed by atoms with van der Waals surface area (Å²) in [6.07, 6.45) is 3.56. The molecule has 2 aromatic carbocycles. The Morgan fingerprint density at radius 1 is 1.04 bits per heavy atom. The van der Waals surface area contributed by atoms with Gasteiger partial charge in [0.05, 0.1) is 24.1 Å². The summed E-state index contributed by atoms with van der Waals surface area (Å²) in [6.45, 7) is 13.7. The zero-order chi connectivity index (χ0) is 49.5. The third-order valence-corrected chi connectivity index (χ3v) is 16.4. The number of aromatic hydroxyl groups is 1. The lowest BCUT2D eigenvalue weighted by Gasteiger charge is -2.38. The molecule has 6 bridgehead atoms. The van der Waals surface area contributed by atoms with Gasteiger partial charge in [0.25, 0.3) is 5.91 Å². The number of pyridine rings is 1. The molecule has 0 radical (unpaired) electrons. The fourth-order valence-electron chi connectivity index (χ4n) is 10.5. The number of phenols is 1. The van der Waals surface area contributed by atoms with Gasteiger partial charge in [0.1, 0.15) is 29.2 Å². The summed E-state index contributed by atoms with van der Waals surface area (Å²) in [5.41, 5.74) is 9.47. The lowest BCUT2D eigenvalue weighted by molar-refractivity contribution is -0.155. The summed E-state index contributed by atoms with van der Waals surface area (Å²) in [5.74, 6) is -2.66. The number of piperidine rings is 1. The predicted molar refractivity (Wildman–Crippen MR) is 262 cm³/mol. The quantitative estimate of drug-likeness (QED) is 0.117. The molecule has 3 amide bonds. The number of sulfonamides is 1. The first-order valence-corrected chi connectivity index (χ1v) is 25.8. The molecule has 8 rings (SSSR count). The number of amides is 3. The van der Waals surface area contributed by atoms with E-state index in [1.165, 1.54) is 14.2 Å². The van der Waals surface area contributed by atoms with E-state index in [1.807, 2.05) is 39.0 Å². The molecule has 3 saturated heterocycles. The van der Waals surface area contributed by atoms with Crippen molar-refractivity contribution in [3.8, 4) is 28.1 Å². The van der Waals surface area contributed by atoms with Crippen LogP contribution < -0.4 is 16.1 Å². The maximum Gasteiger partial charge on any atom is 0.324 e. The van der Waals surface area contributed by atoms with E-state index in [-0.39, 0.29) is 56.3 Å². The molecular formula is C51H68N8O9S. The van der Waals surface area contributed by atoms with Gasteiger partial charge in [-0.25, -0.2) is 18.1 Å². The standard InChI is InChI=1S/C51H68N8O9S/c1-9-58-42-15-14-34-26-38(42)39(46(58)37-12-10-18-52-44(37)31(4)67-8)27-51(5,6)29-68-50(64)40-13-11-19-59(55-40)49(63)41(24-32-22-35(34)25-36(60)23-32)54-47(61)45(30(2)3)56(7)48(62)33-16-20-57(21-17-33)69(65,66)43-28-53-43/h10,12,14-15,18,22-23,25-26,30-31,33,40-41,43,45,53,55,60H,9,11,13,16-17,19-21,24,27-29H2,1-8H3,(H,54,61)/t31-,40-,41-,43+,45-/m0/s1. The van der Waals surface area contributed by atoms with Crippen molar-refractivity contribution in [1.29, 1.82) is 0 Å². The average Bonchev–Trinajstić information content (AvgIpc) is 4.16. The van der Waals surface area contributed by atoms with Crippen molar-refractivity contribution in [2.24, 2.45) is 17.3 Å². The second kappa shape index (κ2) is 20.1. The molecule has 372 valence electrons. The van der Waals surface area contributed by atoms with E-state index in [0.717, 1.165) is 39.0 Å². The SMILES string of the molecule is CCn1c(-c2cccnc2[C@H](C)OC)c2c3cc(ccc31)-c1cc(O)cc(c1)C[C@H](NC(=O)[C@H](C(C)C)N(C)C(=O)C1CCN(S(=O)(=O)[C@@H]3CN3)CC1)C(=O)N1CCC[C@H](N1)C(=O)OCC(C)(C)C2. The first-order chi connectivity index (χ1) is 32.8. The number of aryl methyl sites for hydroxylation is 1. The number of carbonyl (C=O) groups is 4. The Morgan fingerprint density at radius 3 is 2.46 bits per heavy atom. The number of methoxy groups -OCH3 is 1. The molecule has 4 aliphatic heterocycles. The summed E-state index contributed by atoms with van der Waals surface area (Å²) in [4.78, 5) is 63.6. The minimum absolute atomic E-state index is 0.0206.